The van der Waals surface area contributed by atoms with Crippen LogP contribution < -0.4 is 16.2 Å². The second-order valence-electron chi connectivity index (χ2n) is 5.75. The maximum Gasteiger partial charge on any atom is 0.333 e. The summed E-state index contributed by atoms with van der Waals surface area (Å²) in [6, 6.07) is 2.78. The Morgan fingerprint density at radius 2 is 1.90 bits per heavy atom. The lowest BCUT2D eigenvalue weighted by atomic mass is 9.87. The van der Waals surface area contributed by atoms with Crippen molar-refractivity contribution in [3.63, 3.8) is 0 Å². The molecule has 1 unspecified atom stereocenters. The highest BCUT2D eigenvalue weighted by Gasteiger charge is 2.21. The standard InChI is InChI=1S/C14H21F2N3O2/c1-9(20)7-14(2,3)8-17-13(21)19-18-12-10(15)5-4-6-11(12)16/h4-6,9,18,20H,7-8H2,1-3H3,(H2,17,19,21). The molecule has 0 heterocycles. The monoisotopic (exact) mass is 301 g/mol. The molecule has 0 aliphatic carbocycles. The molecule has 1 rings (SSSR count). The van der Waals surface area contributed by atoms with Gasteiger partial charge in [-0.1, -0.05) is 19.9 Å². The normalized spacial score (nSPS) is 12.7. The molecular weight excluding hydrogens is 280 g/mol. The number of rotatable bonds is 6. The molecule has 0 aliphatic heterocycles. The largest absolute Gasteiger partial charge is 0.393 e. The molecule has 1 aromatic carbocycles. The molecule has 0 fully saturated rings. The average molecular weight is 301 g/mol. The molecule has 0 bridgehead atoms. The van der Waals surface area contributed by atoms with Crippen molar-refractivity contribution in [2.45, 2.75) is 33.3 Å². The fourth-order valence-corrected chi connectivity index (χ4v) is 1.97. The average Bonchev–Trinajstić information content (AvgIpc) is 2.34. The Kier molecular flexibility index (Phi) is 5.90. The van der Waals surface area contributed by atoms with Crippen LogP contribution in [0, 0.1) is 17.0 Å². The zero-order valence-corrected chi connectivity index (χ0v) is 12.3. The number of para-hydroxylation sites is 1. The highest BCUT2D eigenvalue weighted by Crippen LogP contribution is 2.21. The van der Waals surface area contributed by atoms with Gasteiger partial charge in [0, 0.05) is 6.54 Å². The number of carbonyl (C=O) groups excluding carboxylic acids is 1. The summed E-state index contributed by atoms with van der Waals surface area (Å²) in [7, 11) is 0. The fourth-order valence-electron chi connectivity index (χ4n) is 1.97. The third kappa shape index (κ3) is 5.95. The highest BCUT2D eigenvalue weighted by atomic mass is 19.1. The van der Waals surface area contributed by atoms with Gasteiger partial charge in [-0.15, -0.1) is 0 Å². The topological polar surface area (TPSA) is 73.4 Å². The maximum absolute atomic E-state index is 13.3. The first-order valence-electron chi connectivity index (χ1n) is 6.63. The second kappa shape index (κ2) is 7.21. The Balaban J connectivity index is 2.45. The molecule has 1 aromatic rings. The van der Waals surface area contributed by atoms with Gasteiger partial charge in [0.2, 0.25) is 0 Å². The lowest BCUT2D eigenvalue weighted by Crippen LogP contribution is -2.43. The molecule has 118 valence electrons. The van der Waals surface area contributed by atoms with E-state index in [2.05, 4.69) is 16.2 Å². The number of hydrazine groups is 1. The van der Waals surface area contributed by atoms with Gasteiger partial charge in [-0.05, 0) is 30.9 Å². The van der Waals surface area contributed by atoms with Crippen molar-refractivity contribution in [2.24, 2.45) is 5.41 Å². The maximum atomic E-state index is 13.3. The number of halogens is 2. The summed E-state index contributed by atoms with van der Waals surface area (Å²) in [6.07, 6.45) is 0.0401. The molecule has 1 atom stereocenters. The second-order valence-corrected chi connectivity index (χ2v) is 5.75. The van der Waals surface area contributed by atoms with Gasteiger partial charge in [0.25, 0.3) is 0 Å². The molecule has 4 N–H and O–H groups in total. The van der Waals surface area contributed by atoms with Crippen LogP contribution in [0.15, 0.2) is 18.2 Å². The van der Waals surface area contributed by atoms with E-state index < -0.39 is 29.5 Å². The van der Waals surface area contributed by atoms with Crippen molar-refractivity contribution >= 4 is 11.7 Å². The van der Waals surface area contributed by atoms with Gasteiger partial charge in [0.15, 0.2) is 11.6 Å². The van der Waals surface area contributed by atoms with Crippen molar-refractivity contribution in [1.29, 1.82) is 0 Å². The molecule has 5 nitrogen and oxygen atoms in total. The molecular formula is C14H21F2N3O2. The molecule has 0 aromatic heterocycles. The number of carbonyl (C=O) groups is 1. The minimum atomic E-state index is -0.801. The number of aliphatic hydroxyl groups is 1. The first-order valence-corrected chi connectivity index (χ1v) is 6.63. The zero-order valence-electron chi connectivity index (χ0n) is 12.3. The Labute approximate surface area is 122 Å². The number of urea groups is 1. The van der Waals surface area contributed by atoms with Gasteiger partial charge in [-0.25, -0.2) is 13.6 Å². The summed E-state index contributed by atoms with van der Waals surface area (Å²) in [4.78, 5) is 11.6. The molecule has 0 aliphatic rings. The first-order chi connectivity index (χ1) is 9.71. The zero-order chi connectivity index (χ0) is 16.0. The number of hydrogen-bond donors (Lipinski definition) is 4. The molecule has 0 spiro atoms. The lowest BCUT2D eigenvalue weighted by Gasteiger charge is -2.26. The molecule has 7 heteroatoms. The number of aliphatic hydroxyl groups excluding tert-OH is 1. The van der Waals surface area contributed by atoms with Gasteiger partial charge in [-0.3, -0.25) is 10.9 Å². The van der Waals surface area contributed by atoms with Crippen LogP contribution in [0.2, 0.25) is 0 Å². The summed E-state index contributed by atoms with van der Waals surface area (Å²) >= 11 is 0. The molecule has 2 amide bonds. The minimum Gasteiger partial charge on any atom is -0.393 e. The molecule has 0 radical (unpaired) electrons. The van der Waals surface area contributed by atoms with E-state index in [1.54, 1.807) is 6.92 Å². The van der Waals surface area contributed by atoms with Crippen molar-refractivity contribution in [1.82, 2.24) is 10.7 Å². The minimum absolute atomic E-state index is 0.297. The summed E-state index contributed by atoms with van der Waals surface area (Å²) in [5, 5.41) is 11.9. The fraction of sp³-hybridized carbons (Fsp3) is 0.500. The smallest absolute Gasteiger partial charge is 0.333 e. The van der Waals surface area contributed by atoms with Crippen LogP contribution >= 0.6 is 0 Å². The van der Waals surface area contributed by atoms with E-state index in [1.807, 2.05) is 13.8 Å². The molecule has 0 saturated heterocycles. The van der Waals surface area contributed by atoms with E-state index in [1.165, 1.54) is 6.07 Å². The highest BCUT2D eigenvalue weighted by molar-refractivity contribution is 5.75. The number of anilines is 1. The van der Waals surface area contributed by atoms with E-state index >= 15 is 0 Å². The third-order valence-corrected chi connectivity index (χ3v) is 2.84. The van der Waals surface area contributed by atoms with Crippen molar-refractivity contribution in [2.75, 3.05) is 12.0 Å². The SMILES string of the molecule is CC(O)CC(C)(C)CNC(=O)NNc1c(F)cccc1F. The van der Waals surface area contributed by atoms with Gasteiger partial charge in [0.05, 0.1) is 6.10 Å². The van der Waals surface area contributed by atoms with E-state index in [4.69, 9.17) is 0 Å². The van der Waals surface area contributed by atoms with Crippen LogP contribution in [-0.4, -0.2) is 23.8 Å². The van der Waals surface area contributed by atoms with Crippen molar-refractivity contribution in [3.8, 4) is 0 Å². The Morgan fingerprint density at radius 3 is 2.43 bits per heavy atom. The van der Waals surface area contributed by atoms with Crippen molar-refractivity contribution < 1.29 is 18.7 Å². The van der Waals surface area contributed by atoms with Crippen LogP contribution in [0.4, 0.5) is 19.3 Å². The van der Waals surface area contributed by atoms with Crippen LogP contribution in [-0.2, 0) is 0 Å². The molecule has 21 heavy (non-hydrogen) atoms. The Bertz CT molecular complexity index is 473. The number of amides is 2. The summed E-state index contributed by atoms with van der Waals surface area (Å²) < 4.78 is 26.6. The van der Waals surface area contributed by atoms with Gasteiger partial charge in [-0.2, -0.15) is 0 Å². The summed E-state index contributed by atoms with van der Waals surface area (Å²) in [6.45, 7) is 5.77. The third-order valence-electron chi connectivity index (χ3n) is 2.84. The van der Waals surface area contributed by atoms with Gasteiger partial charge in [0.1, 0.15) is 5.69 Å². The summed E-state index contributed by atoms with van der Waals surface area (Å²) in [5.74, 6) is -1.60. The van der Waals surface area contributed by atoms with E-state index in [9.17, 15) is 18.7 Å². The van der Waals surface area contributed by atoms with Crippen LogP contribution in [0.5, 0.6) is 0 Å². The van der Waals surface area contributed by atoms with Gasteiger partial charge >= 0.3 is 6.03 Å². The van der Waals surface area contributed by atoms with Crippen LogP contribution in [0.25, 0.3) is 0 Å². The predicted molar refractivity (Wildman–Crippen MR) is 76.6 cm³/mol. The predicted octanol–water partition coefficient (Wildman–Crippen LogP) is 2.39. The quantitative estimate of drug-likeness (QED) is 0.610. The molecule has 0 saturated carbocycles. The van der Waals surface area contributed by atoms with E-state index in [0.29, 0.717) is 13.0 Å². The summed E-state index contributed by atoms with van der Waals surface area (Å²) in [5.41, 5.74) is 3.64. The Morgan fingerprint density at radius 1 is 1.33 bits per heavy atom. The number of benzene rings is 1. The first kappa shape index (κ1) is 17.2. The van der Waals surface area contributed by atoms with E-state index in [-0.39, 0.29) is 5.41 Å². The van der Waals surface area contributed by atoms with E-state index in [0.717, 1.165) is 12.1 Å². The van der Waals surface area contributed by atoms with Crippen LogP contribution in [0.1, 0.15) is 27.2 Å². The van der Waals surface area contributed by atoms with Crippen molar-refractivity contribution in [3.05, 3.63) is 29.8 Å². The van der Waals surface area contributed by atoms with Crippen LogP contribution in [0.3, 0.4) is 0 Å². The van der Waals surface area contributed by atoms with Gasteiger partial charge < -0.3 is 10.4 Å². The number of hydrogen-bond acceptors (Lipinski definition) is 3. The lowest BCUT2D eigenvalue weighted by molar-refractivity contribution is 0.129. The Hall–Kier alpha value is -1.89. The number of nitrogens with one attached hydrogen (secondary N) is 3.